The molecule has 8 nitrogen and oxygen atoms in total. The van der Waals surface area contributed by atoms with Crippen LogP contribution in [-0.4, -0.2) is 37.3 Å². The van der Waals surface area contributed by atoms with E-state index in [1.165, 1.54) is 6.20 Å². The summed E-state index contributed by atoms with van der Waals surface area (Å²) in [6, 6.07) is 11.5. The number of benzene rings is 1. The third-order valence-electron chi connectivity index (χ3n) is 4.46. The molecule has 4 rings (SSSR count). The number of fused-ring (bicyclic) bond motifs is 1. The number of para-hydroxylation sites is 1. The number of aromatic nitrogens is 5. The highest BCUT2D eigenvalue weighted by Crippen LogP contribution is 2.27. The molecule has 0 aliphatic carbocycles. The van der Waals surface area contributed by atoms with Crippen molar-refractivity contribution in [3.05, 3.63) is 64.7 Å². The van der Waals surface area contributed by atoms with Crippen LogP contribution in [0.3, 0.4) is 0 Å². The Morgan fingerprint density at radius 1 is 1.17 bits per heavy atom. The number of nitrogens with zero attached hydrogens (tertiary/aromatic N) is 5. The highest BCUT2D eigenvalue weighted by Gasteiger charge is 2.21. The van der Waals surface area contributed by atoms with E-state index in [1.807, 2.05) is 37.3 Å². The molecule has 4 aromatic rings. The van der Waals surface area contributed by atoms with Crippen LogP contribution in [0.2, 0.25) is 5.28 Å². The first-order valence-electron chi connectivity index (χ1n) is 9.36. The Balaban J connectivity index is 1.87. The lowest BCUT2D eigenvalue weighted by atomic mass is 10.1. The molecule has 0 spiro atoms. The number of nitrogens with one attached hydrogen (secondary N) is 1. The summed E-state index contributed by atoms with van der Waals surface area (Å²) in [6.07, 6.45) is 1.45. The minimum Gasteiger partial charge on any atom is -0.462 e. The molecular formula is C21H19ClN6O2. The monoisotopic (exact) mass is 422 g/mol. The summed E-state index contributed by atoms with van der Waals surface area (Å²) >= 11 is 6.00. The Kier molecular flexibility index (Phi) is 5.33. The van der Waals surface area contributed by atoms with Gasteiger partial charge in [0.2, 0.25) is 5.28 Å². The predicted molar refractivity (Wildman–Crippen MR) is 115 cm³/mol. The van der Waals surface area contributed by atoms with Crippen molar-refractivity contribution in [2.24, 2.45) is 0 Å². The number of pyridine rings is 1. The van der Waals surface area contributed by atoms with Crippen LogP contribution in [0.15, 0.2) is 42.6 Å². The fourth-order valence-corrected chi connectivity index (χ4v) is 3.38. The van der Waals surface area contributed by atoms with E-state index >= 15 is 0 Å². The number of rotatable bonds is 5. The molecule has 0 atom stereocenters. The van der Waals surface area contributed by atoms with Crippen molar-refractivity contribution in [3.8, 4) is 5.82 Å². The van der Waals surface area contributed by atoms with Crippen molar-refractivity contribution in [2.75, 3.05) is 11.9 Å². The van der Waals surface area contributed by atoms with E-state index in [0.717, 1.165) is 16.5 Å². The molecule has 0 amide bonds. The van der Waals surface area contributed by atoms with E-state index in [0.29, 0.717) is 23.1 Å². The molecule has 9 heteroatoms. The molecule has 0 radical (unpaired) electrons. The molecule has 0 aliphatic heterocycles. The van der Waals surface area contributed by atoms with Crippen molar-refractivity contribution < 1.29 is 9.53 Å². The molecule has 0 aliphatic rings. The molecule has 0 fully saturated rings. The quantitative estimate of drug-likeness (QED) is 0.376. The van der Waals surface area contributed by atoms with Gasteiger partial charge < -0.3 is 10.1 Å². The normalized spacial score (nSPS) is 10.9. The Bertz CT molecular complexity index is 1230. The molecular weight excluding hydrogens is 404 g/mol. The van der Waals surface area contributed by atoms with Crippen LogP contribution in [0.25, 0.3) is 16.7 Å². The molecule has 1 aromatic carbocycles. The van der Waals surface area contributed by atoms with Gasteiger partial charge in [0.05, 0.1) is 18.3 Å². The van der Waals surface area contributed by atoms with Gasteiger partial charge in [-0.15, -0.1) is 0 Å². The van der Waals surface area contributed by atoms with Crippen LogP contribution in [-0.2, 0) is 4.74 Å². The van der Waals surface area contributed by atoms with E-state index in [4.69, 9.17) is 21.3 Å². The average Bonchev–Trinajstić information content (AvgIpc) is 3.11. The Morgan fingerprint density at radius 3 is 2.73 bits per heavy atom. The van der Waals surface area contributed by atoms with Gasteiger partial charge in [-0.1, -0.05) is 18.2 Å². The number of halogens is 1. The van der Waals surface area contributed by atoms with Crippen molar-refractivity contribution in [1.29, 1.82) is 0 Å². The second-order valence-electron chi connectivity index (χ2n) is 6.64. The second-order valence-corrected chi connectivity index (χ2v) is 6.98. The van der Waals surface area contributed by atoms with E-state index in [2.05, 4.69) is 20.4 Å². The average molecular weight is 423 g/mol. The SMILES string of the molecule is CCOC(=O)c1cnn(-c2cc(C)c3ccccc3n2)c1Nc1cc(C)nc(Cl)n1. The summed E-state index contributed by atoms with van der Waals surface area (Å²) in [5.74, 6) is 0.865. The molecule has 1 N–H and O–H groups in total. The number of hydrogen-bond acceptors (Lipinski definition) is 7. The predicted octanol–water partition coefficient (Wildman–Crippen LogP) is 4.40. The summed E-state index contributed by atoms with van der Waals surface area (Å²) in [7, 11) is 0. The lowest BCUT2D eigenvalue weighted by Crippen LogP contribution is -2.11. The molecule has 152 valence electrons. The van der Waals surface area contributed by atoms with Gasteiger partial charge in [0, 0.05) is 17.1 Å². The van der Waals surface area contributed by atoms with Crippen LogP contribution in [0, 0.1) is 13.8 Å². The summed E-state index contributed by atoms with van der Waals surface area (Å²) < 4.78 is 6.74. The maximum absolute atomic E-state index is 12.5. The minimum absolute atomic E-state index is 0.0981. The maximum Gasteiger partial charge on any atom is 0.343 e. The van der Waals surface area contributed by atoms with Gasteiger partial charge in [-0.3, -0.25) is 0 Å². The van der Waals surface area contributed by atoms with Crippen molar-refractivity contribution in [1.82, 2.24) is 24.7 Å². The van der Waals surface area contributed by atoms with Crippen LogP contribution >= 0.6 is 11.6 Å². The number of ether oxygens (including phenoxy) is 1. The molecule has 30 heavy (non-hydrogen) atoms. The van der Waals surface area contributed by atoms with Crippen LogP contribution < -0.4 is 5.32 Å². The zero-order valence-corrected chi connectivity index (χ0v) is 17.4. The van der Waals surface area contributed by atoms with E-state index in [9.17, 15) is 4.79 Å². The summed E-state index contributed by atoms with van der Waals surface area (Å²) in [4.78, 5) is 25.5. The first-order chi connectivity index (χ1) is 14.5. The van der Waals surface area contributed by atoms with Gasteiger partial charge in [0.1, 0.15) is 11.4 Å². The molecule has 3 aromatic heterocycles. The Hall–Kier alpha value is -3.52. The molecule has 0 saturated heterocycles. The van der Waals surface area contributed by atoms with Gasteiger partial charge in [-0.25, -0.2) is 19.7 Å². The maximum atomic E-state index is 12.5. The number of anilines is 2. The highest BCUT2D eigenvalue weighted by molar-refractivity contribution is 6.28. The lowest BCUT2D eigenvalue weighted by Gasteiger charge is -2.13. The Morgan fingerprint density at radius 2 is 1.97 bits per heavy atom. The van der Waals surface area contributed by atoms with E-state index in [1.54, 1.807) is 24.6 Å². The Labute approximate surface area is 177 Å². The van der Waals surface area contributed by atoms with E-state index < -0.39 is 5.97 Å². The molecule has 3 heterocycles. The van der Waals surface area contributed by atoms with Gasteiger partial charge in [0.25, 0.3) is 0 Å². The van der Waals surface area contributed by atoms with Crippen molar-refractivity contribution >= 4 is 40.1 Å². The molecule has 0 saturated carbocycles. The summed E-state index contributed by atoms with van der Waals surface area (Å²) in [5, 5.41) is 8.67. The van der Waals surface area contributed by atoms with Gasteiger partial charge in [0.15, 0.2) is 11.6 Å². The fraction of sp³-hybridized carbons (Fsp3) is 0.190. The molecule has 0 bridgehead atoms. The third-order valence-corrected chi connectivity index (χ3v) is 4.63. The minimum atomic E-state index is -0.499. The fourth-order valence-electron chi connectivity index (χ4n) is 3.16. The number of hydrogen-bond donors (Lipinski definition) is 1. The third kappa shape index (κ3) is 3.81. The number of aryl methyl sites for hydroxylation is 2. The number of carbonyl (C=O) groups excluding carboxylic acids is 1. The van der Waals surface area contributed by atoms with Crippen molar-refractivity contribution in [3.63, 3.8) is 0 Å². The zero-order chi connectivity index (χ0) is 21.3. The van der Waals surface area contributed by atoms with Crippen LogP contribution in [0.4, 0.5) is 11.6 Å². The first kappa shape index (κ1) is 19.8. The first-order valence-corrected chi connectivity index (χ1v) is 9.74. The van der Waals surface area contributed by atoms with Gasteiger partial charge >= 0.3 is 5.97 Å². The molecule has 0 unspecified atom stereocenters. The largest absolute Gasteiger partial charge is 0.462 e. The van der Waals surface area contributed by atoms with Gasteiger partial charge in [-0.2, -0.15) is 9.78 Å². The summed E-state index contributed by atoms with van der Waals surface area (Å²) in [6.45, 7) is 5.80. The van der Waals surface area contributed by atoms with E-state index in [-0.39, 0.29) is 17.5 Å². The highest BCUT2D eigenvalue weighted by atomic mass is 35.5. The number of esters is 1. The lowest BCUT2D eigenvalue weighted by molar-refractivity contribution is 0.0527. The smallest absolute Gasteiger partial charge is 0.343 e. The van der Waals surface area contributed by atoms with Crippen LogP contribution in [0.5, 0.6) is 0 Å². The standard InChI is InChI=1S/C21H19ClN6O2/c1-4-30-20(29)15-11-23-28(19(15)26-17-10-13(3)24-21(22)27-17)18-9-12(2)14-7-5-6-8-16(14)25-18/h5-11H,4H2,1-3H3,(H,24,26,27). The second kappa shape index (κ2) is 8.08. The van der Waals surface area contributed by atoms with Crippen molar-refractivity contribution in [2.45, 2.75) is 20.8 Å². The topological polar surface area (TPSA) is 94.8 Å². The summed E-state index contributed by atoms with van der Waals surface area (Å²) in [5.41, 5.74) is 2.81. The van der Waals surface area contributed by atoms with Crippen LogP contribution in [0.1, 0.15) is 28.5 Å². The van der Waals surface area contributed by atoms with Gasteiger partial charge in [-0.05, 0) is 50.1 Å². The number of carbonyl (C=O) groups is 1. The zero-order valence-electron chi connectivity index (χ0n) is 16.7.